The Hall–Kier alpha value is -2.75. The first-order chi connectivity index (χ1) is 11.0. The molecule has 1 saturated heterocycles. The first-order valence-electron chi connectivity index (χ1n) is 7.13. The molecule has 1 aliphatic rings. The second kappa shape index (κ2) is 6.16. The van der Waals surface area contributed by atoms with Crippen molar-refractivity contribution in [2.75, 3.05) is 18.4 Å². The van der Waals surface area contributed by atoms with Crippen LogP contribution in [0.3, 0.4) is 0 Å². The topological polar surface area (TPSA) is 140 Å². The number of anilines is 1. The molecule has 122 valence electrons. The van der Waals surface area contributed by atoms with Crippen molar-refractivity contribution in [2.45, 2.75) is 25.8 Å². The van der Waals surface area contributed by atoms with Crippen LogP contribution >= 0.6 is 0 Å². The molecule has 2 amide bonds. The molecule has 0 aliphatic carbocycles. The number of nitrogens with zero attached hydrogens (tertiary/aromatic N) is 4. The van der Waals surface area contributed by atoms with Gasteiger partial charge in [-0.25, -0.2) is 0 Å². The van der Waals surface area contributed by atoms with Gasteiger partial charge >= 0.3 is 0 Å². The van der Waals surface area contributed by atoms with E-state index in [0.717, 1.165) is 12.8 Å². The zero-order valence-corrected chi connectivity index (χ0v) is 12.5. The van der Waals surface area contributed by atoms with Crippen molar-refractivity contribution >= 4 is 17.6 Å². The van der Waals surface area contributed by atoms with Gasteiger partial charge in [0.1, 0.15) is 5.76 Å². The molecule has 0 aromatic carbocycles. The van der Waals surface area contributed by atoms with Gasteiger partial charge in [0.15, 0.2) is 5.82 Å². The van der Waals surface area contributed by atoms with Crippen LogP contribution in [0.15, 0.2) is 15.1 Å². The quantitative estimate of drug-likeness (QED) is 0.798. The third kappa shape index (κ3) is 3.37. The Balaban J connectivity index is 1.64. The number of amides is 2. The van der Waals surface area contributed by atoms with Crippen LogP contribution in [0.1, 0.15) is 41.2 Å². The summed E-state index contributed by atoms with van der Waals surface area (Å²) in [4.78, 5) is 29.0. The van der Waals surface area contributed by atoms with Crippen LogP contribution in [0.4, 0.5) is 5.82 Å². The predicted octanol–water partition coefficient (Wildman–Crippen LogP) is 0.241. The molecule has 3 heterocycles. The Kier molecular flexibility index (Phi) is 4.06. The Morgan fingerprint density at radius 2 is 2.26 bits per heavy atom. The molecule has 0 spiro atoms. The zero-order valence-electron chi connectivity index (χ0n) is 12.5. The van der Waals surface area contributed by atoms with Crippen LogP contribution in [-0.2, 0) is 4.79 Å². The lowest BCUT2D eigenvalue weighted by Crippen LogP contribution is -2.33. The third-order valence-corrected chi connectivity index (χ3v) is 3.55. The molecule has 3 rings (SSSR count). The maximum absolute atomic E-state index is 12.1. The Labute approximate surface area is 131 Å². The summed E-state index contributed by atoms with van der Waals surface area (Å²) in [5.74, 6) is 0.153. The second-order valence-corrected chi connectivity index (χ2v) is 5.32. The van der Waals surface area contributed by atoms with E-state index in [1.165, 1.54) is 0 Å². The molecule has 0 bridgehead atoms. The molecule has 10 nitrogen and oxygen atoms in total. The number of primary amides is 1. The SMILES string of the molecule is Cc1cc(NC(=O)CN2CCC[C@@H]2c2nc(C(N)=O)no2)no1. The smallest absolute Gasteiger partial charge is 0.290 e. The van der Waals surface area contributed by atoms with E-state index in [-0.39, 0.29) is 24.3 Å². The second-order valence-electron chi connectivity index (χ2n) is 5.32. The summed E-state index contributed by atoms with van der Waals surface area (Å²) in [6, 6.07) is 1.43. The highest BCUT2D eigenvalue weighted by Gasteiger charge is 2.32. The molecular formula is C13H16N6O4. The fraction of sp³-hybridized carbons (Fsp3) is 0.462. The highest BCUT2D eigenvalue weighted by molar-refractivity contribution is 5.91. The van der Waals surface area contributed by atoms with Crippen molar-refractivity contribution in [1.29, 1.82) is 0 Å². The van der Waals surface area contributed by atoms with Crippen molar-refractivity contribution in [2.24, 2.45) is 5.73 Å². The first kappa shape index (κ1) is 15.2. The Morgan fingerprint density at radius 1 is 1.43 bits per heavy atom. The summed E-state index contributed by atoms with van der Waals surface area (Å²) in [7, 11) is 0. The van der Waals surface area contributed by atoms with E-state index in [1.54, 1.807) is 13.0 Å². The molecule has 2 aromatic rings. The first-order valence-corrected chi connectivity index (χ1v) is 7.13. The van der Waals surface area contributed by atoms with Gasteiger partial charge in [-0.05, 0) is 26.3 Å². The molecular weight excluding hydrogens is 304 g/mol. The lowest BCUT2D eigenvalue weighted by atomic mass is 10.2. The lowest BCUT2D eigenvalue weighted by Gasteiger charge is -2.20. The molecule has 23 heavy (non-hydrogen) atoms. The number of likely N-dealkylation sites (tertiary alicyclic amines) is 1. The third-order valence-electron chi connectivity index (χ3n) is 3.55. The van der Waals surface area contributed by atoms with E-state index in [4.69, 9.17) is 14.8 Å². The largest absolute Gasteiger partial charge is 0.363 e. The fourth-order valence-electron chi connectivity index (χ4n) is 2.56. The molecule has 0 saturated carbocycles. The number of nitrogens with two attached hydrogens (primary N) is 1. The number of hydrogen-bond donors (Lipinski definition) is 2. The van der Waals surface area contributed by atoms with Gasteiger partial charge in [-0.2, -0.15) is 4.98 Å². The van der Waals surface area contributed by atoms with Gasteiger partial charge in [0.25, 0.3) is 11.7 Å². The molecule has 3 N–H and O–H groups in total. The minimum Gasteiger partial charge on any atom is -0.363 e. The summed E-state index contributed by atoms with van der Waals surface area (Å²) >= 11 is 0. The summed E-state index contributed by atoms with van der Waals surface area (Å²) in [5.41, 5.74) is 5.11. The number of aromatic nitrogens is 3. The molecule has 2 aromatic heterocycles. The van der Waals surface area contributed by atoms with E-state index in [9.17, 15) is 9.59 Å². The summed E-state index contributed by atoms with van der Waals surface area (Å²) in [6.45, 7) is 2.60. The van der Waals surface area contributed by atoms with Crippen LogP contribution in [0, 0.1) is 6.92 Å². The van der Waals surface area contributed by atoms with Crippen LogP contribution < -0.4 is 11.1 Å². The van der Waals surface area contributed by atoms with E-state index in [0.29, 0.717) is 24.0 Å². The van der Waals surface area contributed by atoms with E-state index >= 15 is 0 Å². The normalized spacial score (nSPS) is 18.2. The van der Waals surface area contributed by atoms with Crippen LogP contribution in [0.5, 0.6) is 0 Å². The van der Waals surface area contributed by atoms with E-state index in [2.05, 4.69) is 20.6 Å². The number of nitrogens with one attached hydrogen (secondary N) is 1. The van der Waals surface area contributed by atoms with Gasteiger partial charge in [-0.15, -0.1) is 0 Å². The number of carbonyl (C=O) groups excluding carboxylic acids is 2. The summed E-state index contributed by atoms with van der Waals surface area (Å²) < 4.78 is 9.98. The van der Waals surface area contributed by atoms with Crippen LogP contribution in [-0.4, -0.2) is 45.1 Å². The number of rotatable bonds is 5. The Morgan fingerprint density at radius 3 is 2.91 bits per heavy atom. The van der Waals surface area contributed by atoms with Gasteiger partial charge in [-0.3, -0.25) is 14.5 Å². The highest BCUT2D eigenvalue weighted by Crippen LogP contribution is 2.30. The molecule has 1 atom stereocenters. The maximum atomic E-state index is 12.1. The van der Waals surface area contributed by atoms with Crippen molar-refractivity contribution < 1.29 is 18.6 Å². The highest BCUT2D eigenvalue weighted by atomic mass is 16.5. The molecule has 10 heteroatoms. The number of aryl methyl sites for hydroxylation is 1. The minimum absolute atomic E-state index is 0.144. The van der Waals surface area contributed by atoms with Gasteiger partial charge < -0.3 is 20.1 Å². The zero-order chi connectivity index (χ0) is 16.4. The average Bonchev–Trinajstić information content (AvgIpc) is 3.19. The summed E-state index contributed by atoms with van der Waals surface area (Å²) in [5, 5.41) is 9.91. The van der Waals surface area contributed by atoms with Crippen LogP contribution in [0.2, 0.25) is 0 Å². The van der Waals surface area contributed by atoms with Crippen molar-refractivity contribution in [1.82, 2.24) is 20.2 Å². The predicted molar refractivity (Wildman–Crippen MR) is 76.2 cm³/mol. The van der Waals surface area contributed by atoms with E-state index < -0.39 is 5.91 Å². The molecule has 1 aliphatic heterocycles. The molecule has 1 fully saturated rings. The summed E-state index contributed by atoms with van der Waals surface area (Å²) in [6.07, 6.45) is 1.64. The standard InChI is InChI=1S/C13H16N6O4/c1-7-5-9(17-22-7)15-10(20)6-19-4-2-3-8(19)13-16-12(11(14)21)18-23-13/h5,8H,2-4,6H2,1H3,(H2,14,21)(H,15,17,20)/t8-/m1/s1. The average molecular weight is 320 g/mol. The minimum atomic E-state index is -0.747. The van der Waals surface area contributed by atoms with Crippen molar-refractivity contribution in [3.05, 3.63) is 23.5 Å². The van der Waals surface area contributed by atoms with Gasteiger partial charge in [0, 0.05) is 6.07 Å². The number of hydrogen-bond acceptors (Lipinski definition) is 8. The van der Waals surface area contributed by atoms with Crippen molar-refractivity contribution in [3.63, 3.8) is 0 Å². The molecule has 0 radical (unpaired) electrons. The van der Waals surface area contributed by atoms with Gasteiger partial charge in [0.2, 0.25) is 11.8 Å². The fourth-order valence-corrected chi connectivity index (χ4v) is 2.56. The van der Waals surface area contributed by atoms with Gasteiger partial charge in [0.05, 0.1) is 12.6 Å². The Bertz CT molecular complexity index is 724. The van der Waals surface area contributed by atoms with Crippen LogP contribution in [0.25, 0.3) is 0 Å². The molecule has 0 unspecified atom stereocenters. The van der Waals surface area contributed by atoms with E-state index in [1.807, 2.05) is 4.90 Å². The monoisotopic (exact) mass is 320 g/mol. The maximum Gasteiger partial charge on any atom is 0.290 e. The lowest BCUT2D eigenvalue weighted by molar-refractivity contribution is -0.117. The van der Waals surface area contributed by atoms with Gasteiger partial charge in [-0.1, -0.05) is 10.3 Å². The number of carbonyl (C=O) groups is 2. The van der Waals surface area contributed by atoms with Crippen molar-refractivity contribution in [3.8, 4) is 0 Å².